The lowest BCUT2D eigenvalue weighted by molar-refractivity contribution is 0.0977. The Bertz CT molecular complexity index is 1140. The second-order valence-corrected chi connectivity index (χ2v) is 7.21. The first-order valence-electron chi connectivity index (χ1n) is 8.43. The van der Waals surface area contributed by atoms with E-state index in [0.717, 1.165) is 22.4 Å². The summed E-state index contributed by atoms with van der Waals surface area (Å²) >= 11 is 8.59. The molecule has 138 valence electrons. The molecular formula is C21H14BrN3O2S. The molecule has 28 heavy (non-hydrogen) atoms. The zero-order chi connectivity index (χ0) is 19.5. The van der Waals surface area contributed by atoms with Gasteiger partial charge in [-0.05, 0) is 76.7 Å². The van der Waals surface area contributed by atoms with E-state index in [-0.39, 0.29) is 11.0 Å². The van der Waals surface area contributed by atoms with Crippen molar-refractivity contribution < 1.29 is 9.21 Å². The second-order valence-electron chi connectivity index (χ2n) is 5.95. The van der Waals surface area contributed by atoms with Crippen LogP contribution in [-0.2, 0) is 0 Å². The molecule has 0 aliphatic carbocycles. The molecule has 0 bridgehead atoms. The van der Waals surface area contributed by atoms with E-state index in [1.54, 1.807) is 18.2 Å². The van der Waals surface area contributed by atoms with Crippen molar-refractivity contribution in [3.8, 4) is 11.5 Å². The van der Waals surface area contributed by atoms with E-state index in [4.69, 9.17) is 16.6 Å². The van der Waals surface area contributed by atoms with Crippen LogP contribution in [0.4, 0.5) is 5.69 Å². The molecule has 2 N–H and O–H groups in total. The summed E-state index contributed by atoms with van der Waals surface area (Å²) in [5.41, 5.74) is 3.67. The molecule has 0 radical (unpaired) electrons. The molecule has 0 atom stereocenters. The third kappa shape index (κ3) is 3.95. The highest BCUT2D eigenvalue weighted by Gasteiger charge is 2.11. The summed E-state index contributed by atoms with van der Waals surface area (Å²) in [6, 6.07) is 22.2. The van der Waals surface area contributed by atoms with Crippen LogP contribution in [0.2, 0.25) is 0 Å². The molecule has 4 rings (SSSR count). The van der Waals surface area contributed by atoms with Crippen LogP contribution in [-0.4, -0.2) is 16.0 Å². The van der Waals surface area contributed by atoms with Crippen LogP contribution < -0.4 is 10.6 Å². The molecule has 7 heteroatoms. The van der Waals surface area contributed by atoms with Crippen LogP contribution in [0, 0.1) is 0 Å². The van der Waals surface area contributed by atoms with Gasteiger partial charge >= 0.3 is 0 Å². The topological polar surface area (TPSA) is 67.2 Å². The fourth-order valence-electron chi connectivity index (χ4n) is 2.67. The van der Waals surface area contributed by atoms with E-state index >= 15 is 0 Å². The third-order valence-corrected chi connectivity index (χ3v) is 4.92. The third-order valence-electron chi connectivity index (χ3n) is 4.03. The first-order valence-corrected chi connectivity index (χ1v) is 9.63. The minimum absolute atomic E-state index is 0.218. The highest BCUT2D eigenvalue weighted by molar-refractivity contribution is 9.10. The first-order chi connectivity index (χ1) is 13.6. The van der Waals surface area contributed by atoms with E-state index < -0.39 is 0 Å². The number of benzene rings is 3. The standard InChI is InChI=1S/C21H14BrN3O2S/c22-16-6-2-1-5-15(16)19(26)25-21(28)23-14-11-9-13(10-12-14)20-24-17-7-3-4-8-18(17)27-20/h1-12H,(H2,23,25,26,28). The predicted molar refractivity (Wildman–Crippen MR) is 117 cm³/mol. The number of carbonyl (C=O) groups excluding carboxylic acids is 1. The van der Waals surface area contributed by atoms with Crippen LogP contribution in [0.5, 0.6) is 0 Å². The SMILES string of the molecule is O=C(NC(=S)Nc1ccc(-c2nc3ccccc3o2)cc1)c1ccccc1Br. The molecule has 0 saturated carbocycles. The Morgan fingerprint density at radius 3 is 2.43 bits per heavy atom. The molecule has 1 amide bonds. The van der Waals surface area contributed by atoms with Gasteiger partial charge in [-0.2, -0.15) is 0 Å². The van der Waals surface area contributed by atoms with Gasteiger partial charge in [0.05, 0.1) is 5.56 Å². The van der Waals surface area contributed by atoms with E-state index in [0.29, 0.717) is 15.9 Å². The molecule has 0 aliphatic heterocycles. The Labute approximate surface area is 174 Å². The monoisotopic (exact) mass is 451 g/mol. The molecule has 0 unspecified atom stereocenters. The Morgan fingerprint density at radius 2 is 1.68 bits per heavy atom. The maximum atomic E-state index is 12.3. The lowest BCUT2D eigenvalue weighted by Gasteiger charge is -2.10. The predicted octanol–water partition coefficient (Wildman–Crippen LogP) is 5.38. The number of amides is 1. The Balaban J connectivity index is 1.43. The fourth-order valence-corrected chi connectivity index (χ4v) is 3.35. The van der Waals surface area contributed by atoms with Gasteiger partial charge in [-0.1, -0.05) is 24.3 Å². The van der Waals surface area contributed by atoms with Crippen LogP contribution >= 0.6 is 28.1 Å². The van der Waals surface area contributed by atoms with E-state index in [1.165, 1.54) is 0 Å². The average Bonchev–Trinajstić information content (AvgIpc) is 3.13. The summed E-state index contributed by atoms with van der Waals surface area (Å²) in [4.78, 5) is 16.8. The summed E-state index contributed by atoms with van der Waals surface area (Å²) in [6.07, 6.45) is 0. The van der Waals surface area contributed by atoms with Gasteiger partial charge in [0.25, 0.3) is 5.91 Å². The van der Waals surface area contributed by atoms with Crippen LogP contribution in [0.3, 0.4) is 0 Å². The van der Waals surface area contributed by atoms with Crippen LogP contribution in [0.15, 0.2) is 81.7 Å². The van der Waals surface area contributed by atoms with Gasteiger partial charge in [-0.3, -0.25) is 10.1 Å². The molecule has 0 saturated heterocycles. The summed E-state index contributed by atoms with van der Waals surface area (Å²) in [5.74, 6) is 0.269. The zero-order valence-electron chi connectivity index (χ0n) is 14.5. The Morgan fingerprint density at radius 1 is 0.964 bits per heavy atom. The molecule has 0 aliphatic rings. The Hall–Kier alpha value is -3.03. The number of rotatable bonds is 3. The number of hydrogen-bond acceptors (Lipinski definition) is 4. The number of thiocarbonyl (C=S) groups is 1. The molecule has 3 aromatic carbocycles. The maximum Gasteiger partial charge on any atom is 0.258 e. The van der Waals surface area contributed by atoms with E-state index in [2.05, 4.69) is 31.5 Å². The van der Waals surface area contributed by atoms with Gasteiger partial charge in [-0.15, -0.1) is 0 Å². The molecule has 4 aromatic rings. The largest absolute Gasteiger partial charge is 0.436 e. The number of aromatic nitrogens is 1. The van der Waals surface area contributed by atoms with Crippen molar-refractivity contribution in [3.05, 3.63) is 82.8 Å². The lowest BCUT2D eigenvalue weighted by atomic mass is 10.2. The lowest BCUT2D eigenvalue weighted by Crippen LogP contribution is -2.34. The second kappa shape index (κ2) is 7.92. The molecule has 0 spiro atoms. The quantitative estimate of drug-likeness (QED) is 0.409. The summed E-state index contributed by atoms with van der Waals surface area (Å²) < 4.78 is 6.48. The van der Waals surface area contributed by atoms with Crippen molar-refractivity contribution in [2.24, 2.45) is 0 Å². The van der Waals surface area contributed by atoms with Crippen molar-refractivity contribution in [2.75, 3.05) is 5.32 Å². The number of para-hydroxylation sites is 2. The van der Waals surface area contributed by atoms with Gasteiger partial charge in [0.2, 0.25) is 5.89 Å². The molecule has 1 heterocycles. The zero-order valence-corrected chi connectivity index (χ0v) is 16.9. The molecule has 0 fully saturated rings. The summed E-state index contributed by atoms with van der Waals surface area (Å²) in [5, 5.41) is 5.89. The Kier molecular flexibility index (Phi) is 5.18. The van der Waals surface area contributed by atoms with Gasteiger partial charge in [0.1, 0.15) is 5.52 Å². The van der Waals surface area contributed by atoms with Crippen LogP contribution in [0.25, 0.3) is 22.6 Å². The maximum absolute atomic E-state index is 12.3. The number of oxazole rings is 1. The van der Waals surface area contributed by atoms with E-state index in [1.807, 2.05) is 54.6 Å². The van der Waals surface area contributed by atoms with Gasteiger partial charge in [0.15, 0.2) is 10.7 Å². The molecule has 1 aromatic heterocycles. The van der Waals surface area contributed by atoms with E-state index in [9.17, 15) is 4.79 Å². The normalized spacial score (nSPS) is 10.6. The number of anilines is 1. The average molecular weight is 452 g/mol. The molecular weight excluding hydrogens is 438 g/mol. The smallest absolute Gasteiger partial charge is 0.258 e. The number of halogens is 1. The number of carbonyl (C=O) groups is 1. The van der Waals surface area contributed by atoms with Crippen molar-refractivity contribution in [3.63, 3.8) is 0 Å². The highest BCUT2D eigenvalue weighted by Crippen LogP contribution is 2.25. The van der Waals surface area contributed by atoms with Crippen LogP contribution in [0.1, 0.15) is 10.4 Å². The van der Waals surface area contributed by atoms with Crippen molar-refractivity contribution >= 4 is 56.0 Å². The number of nitrogens with one attached hydrogen (secondary N) is 2. The van der Waals surface area contributed by atoms with Gasteiger partial charge in [-0.25, -0.2) is 4.98 Å². The fraction of sp³-hybridized carbons (Fsp3) is 0. The van der Waals surface area contributed by atoms with Crippen molar-refractivity contribution in [2.45, 2.75) is 0 Å². The first kappa shape index (κ1) is 18.3. The van der Waals surface area contributed by atoms with Gasteiger partial charge < -0.3 is 9.73 Å². The highest BCUT2D eigenvalue weighted by atomic mass is 79.9. The summed E-state index contributed by atoms with van der Waals surface area (Å²) in [6.45, 7) is 0. The van der Waals surface area contributed by atoms with Gasteiger partial charge in [0, 0.05) is 15.7 Å². The molecule has 5 nitrogen and oxygen atoms in total. The summed E-state index contributed by atoms with van der Waals surface area (Å²) in [7, 11) is 0. The minimum atomic E-state index is -0.284. The minimum Gasteiger partial charge on any atom is -0.436 e. The number of fused-ring (bicyclic) bond motifs is 1. The number of hydrogen-bond donors (Lipinski definition) is 2. The number of nitrogens with zero attached hydrogens (tertiary/aromatic N) is 1. The van der Waals surface area contributed by atoms with Crippen molar-refractivity contribution in [1.82, 2.24) is 10.3 Å². The van der Waals surface area contributed by atoms with Crippen molar-refractivity contribution in [1.29, 1.82) is 0 Å².